The van der Waals surface area contributed by atoms with Gasteiger partial charge in [-0.3, -0.25) is 0 Å². The van der Waals surface area contributed by atoms with Gasteiger partial charge in [0.05, 0.1) is 25.4 Å². The van der Waals surface area contributed by atoms with Gasteiger partial charge in [-0.15, -0.1) is 0 Å². The lowest BCUT2D eigenvalue weighted by Crippen LogP contribution is -2.20. The molecule has 0 bridgehead atoms. The van der Waals surface area contributed by atoms with E-state index in [1.165, 1.54) is 6.07 Å². The summed E-state index contributed by atoms with van der Waals surface area (Å²) >= 11 is 3.20. The lowest BCUT2D eigenvalue weighted by Gasteiger charge is -2.12. The van der Waals surface area contributed by atoms with Crippen LogP contribution < -0.4 is 5.32 Å². The fraction of sp³-hybridized carbons (Fsp3) is 0.400. The molecule has 0 radical (unpaired) electrons. The van der Waals surface area contributed by atoms with E-state index in [-0.39, 0.29) is 12.1 Å². The second-order valence-electron chi connectivity index (χ2n) is 3.18. The van der Waals surface area contributed by atoms with Crippen LogP contribution in [-0.4, -0.2) is 26.0 Å². The van der Waals surface area contributed by atoms with Crippen molar-refractivity contribution >= 4 is 21.6 Å². The molecular formula is C10H11BrFNO2. The van der Waals surface area contributed by atoms with Gasteiger partial charge in [-0.05, 0) is 18.2 Å². The molecular weight excluding hydrogens is 265 g/mol. The first kappa shape index (κ1) is 10.9. The fourth-order valence-electron chi connectivity index (χ4n) is 1.35. The Morgan fingerprint density at radius 2 is 2.13 bits per heavy atom. The Kier molecular flexibility index (Phi) is 3.56. The topological polar surface area (TPSA) is 30.5 Å². The van der Waals surface area contributed by atoms with Crippen LogP contribution in [0.15, 0.2) is 22.7 Å². The van der Waals surface area contributed by atoms with Crippen LogP contribution in [0.1, 0.15) is 0 Å². The van der Waals surface area contributed by atoms with Gasteiger partial charge in [0.2, 0.25) is 0 Å². The molecule has 5 heteroatoms. The molecule has 0 saturated carbocycles. The van der Waals surface area contributed by atoms with Gasteiger partial charge in [0.15, 0.2) is 6.29 Å². The lowest BCUT2D eigenvalue weighted by molar-refractivity contribution is -0.0299. The monoisotopic (exact) mass is 275 g/mol. The first-order valence-corrected chi connectivity index (χ1v) is 5.47. The third-order valence-electron chi connectivity index (χ3n) is 2.08. The van der Waals surface area contributed by atoms with Crippen LogP contribution in [0.25, 0.3) is 0 Å². The quantitative estimate of drug-likeness (QED) is 0.919. The van der Waals surface area contributed by atoms with Crippen LogP contribution in [-0.2, 0) is 9.47 Å². The van der Waals surface area contributed by atoms with Gasteiger partial charge < -0.3 is 14.8 Å². The molecule has 1 aromatic rings. The molecule has 3 nitrogen and oxygen atoms in total. The van der Waals surface area contributed by atoms with Crippen molar-refractivity contribution in [3.63, 3.8) is 0 Å². The zero-order chi connectivity index (χ0) is 10.7. The predicted octanol–water partition coefficient (Wildman–Crippen LogP) is 2.37. The van der Waals surface area contributed by atoms with Crippen LogP contribution in [0.5, 0.6) is 0 Å². The highest BCUT2D eigenvalue weighted by Gasteiger charge is 2.15. The first-order chi connectivity index (χ1) is 7.25. The molecule has 1 fully saturated rings. The normalized spacial score (nSPS) is 16.9. The van der Waals surface area contributed by atoms with Gasteiger partial charge in [0.25, 0.3) is 0 Å². The molecule has 1 N–H and O–H groups in total. The molecule has 2 rings (SSSR count). The number of benzene rings is 1. The number of hydrogen-bond donors (Lipinski definition) is 1. The highest BCUT2D eigenvalue weighted by molar-refractivity contribution is 9.10. The summed E-state index contributed by atoms with van der Waals surface area (Å²) in [5.41, 5.74) is 0.456. The van der Waals surface area contributed by atoms with Crippen molar-refractivity contribution in [2.24, 2.45) is 0 Å². The zero-order valence-corrected chi connectivity index (χ0v) is 9.59. The molecule has 1 saturated heterocycles. The van der Waals surface area contributed by atoms with Crippen molar-refractivity contribution in [2.75, 3.05) is 25.1 Å². The Morgan fingerprint density at radius 3 is 2.80 bits per heavy atom. The van der Waals surface area contributed by atoms with Gasteiger partial charge in [-0.2, -0.15) is 0 Å². The van der Waals surface area contributed by atoms with Crippen molar-refractivity contribution in [2.45, 2.75) is 6.29 Å². The van der Waals surface area contributed by atoms with Crippen LogP contribution in [0.2, 0.25) is 0 Å². The molecule has 0 unspecified atom stereocenters. The summed E-state index contributed by atoms with van der Waals surface area (Å²) in [5, 5.41) is 2.94. The van der Waals surface area contributed by atoms with E-state index in [0.717, 1.165) is 4.47 Å². The van der Waals surface area contributed by atoms with E-state index in [4.69, 9.17) is 9.47 Å². The molecule has 0 amide bonds. The van der Waals surface area contributed by atoms with E-state index in [2.05, 4.69) is 21.2 Å². The lowest BCUT2D eigenvalue weighted by atomic mass is 10.3. The van der Waals surface area contributed by atoms with Crippen LogP contribution in [0.4, 0.5) is 10.1 Å². The van der Waals surface area contributed by atoms with E-state index in [1.54, 1.807) is 12.1 Å². The van der Waals surface area contributed by atoms with Gasteiger partial charge in [0, 0.05) is 4.47 Å². The van der Waals surface area contributed by atoms with Crippen LogP contribution in [0, 0.1) is 5.82 Å². The molecule has 0 spiro atoms. The molecule has 82 valence electrons. The van der Waals surface area contributed by atoms with Crippen molar-refractivity contribution in [3.05, 3.63) is 28.5 Å². The van der Waals surface area contributed by atoms with Gasteiger partial charge in [-0.1, -0.05) is 15.9 Å². The van der Waals surface area contributed by atoms with Gasteiger partial charge in [-0.25, -0.2) is 4.39 Å². The predicted molar refractivity (Wildman–Crippen MR) is 58.3 cm³/mol. The maximum absolute atomic E-state index is 13.4. The molecule has 1 aliphatic rings. The maximum atomic E-state index is 13.4. The summed E-state index contributed by atoms with van der Waals surface area (Å²) in [7, 11) is 0. The maximum Gasteiger partial charge on any atom is 0.174 e. The Morgan fingerprint density at radius 1 is 1.40 bits per heavy atom. The minimum Gasteiger partial charge on any atom is -0.378 e. The number of hydrogen-bond acceptors (Lipinski definition) is 3. The SMILES string of the molecule is Fc1cc(Br)ccc1NCC1OCCO1. The second-order valence-corrected chi connectivity index (χ2v) is 4.09. The Balaban J connectivity index is 1.92. The molecule has 0 atom stereocenters. The third-order valence-corrected chi connectivity index (χ3v) is 2.57. The average molecular weight is 276 g/mol. The first-order valence-electron chi connectivity index (χ1n) is 4.68. The fourth-order valence-corrected chi connectivity index (χ4v) is 1.68. The molecule has 1 aromatic carbocycles. The Labute approximate surface area is 95.7 Å². The Bertz CT molecular complexity index is 342. The highest BCUT2D eigenvalue weighted by atomic mass is 79.9. The standard InChI is InChI=1S/C10H11BrFNO2/c11-7-1-2-9(8(12)5-7)13-6-10-14-3-4-15-10/h1-2,5,10,13H,3-4,6H2. The minimum absolute atomic E-state index is 0.270. The average Bonchev–Trinajstić information content (AvgIpc) is 2.69. The molecule has 1 heterocycles. The largest absolute Gasteiger partial charge is 0.378 e. The van der Waals surface area contributed by atoms with Crippen molar-refractivity contribution in [1.82, 2.24) is 0 Å². The van der Waals surface area contributed by atoms with E-state index in [9.17, 15) is 4.39 Å². The van der Waals surface area contributed by atoms with Crippen molar-refractivity contribution < 1.29 is 13.9 Å². The minimum atomic E-state index is -0.289. The molecule has 15 heavy (non-hydrogen) atoms. The summed E-state index contributed by atoms with van der Waals surface area (Å²) in [5.74, 6) is -0.289. The summed E-state index contributed by atoms with van der Waals surface area (Å²) in [6.07, 6.45) is -0.270. The zero-order valence-electron chi connectivity index (χ0n) is 8.00. The number of anilines is 1. The Hall–Kier alpha value is -0.650. The van der Waals surface area contributed by atoms with E-state index in [1.807, 2.05) is 0 Å². The smallest absolute Gasteiger partial charge is 0.174 e. The summed E-state index contributed by atoms with van der Waals surface area (Å²) in [6.45, 7) is 1.67. The number of rotatable bonds is 3. The summed E-state index contributed by atoms with van der Waals surface area (Å²) in [4.78, 5) is 0. The molecule has 0 aliphatic carbocycles. The van der Waals surface area contributed by atoms with Crippen molar-refractivity contribution in [1.29, 1.82) is 0 Å². The van der Waals surface area contributed by atoms with Gasteiger partial charge >= 0.3 is 0 Å². The molecule has 0 aromatic heterocycles. The molecule has 1 aliphatic heterocycles. The second kappa shape index (κ2) is 4.92. The van der Waals surface area contributed by atoms with E-state index >= 15 is 0 Å². The highest BCUT2D eigenvalue weighted by Crippen LogP contribution is 2.19. The van der Waals surface area contributed by atoms with Crippen LogP contribution in [0.3, 0.4) is 0 Å². The van der Waals surface area contributed by atoms with E-state index < -0.39 is 0 Å². The third kappa shape index (κ3) is 2.90. The van der Waals surface area contributed by atoms with Crippen molar-refractivity contribution in [3.8, 4) is 0 Å². The number of nitrogens with one attached hydrogen (secondary N) is 1. The summed E-state index contributed by atoms with van der Waals surface area (Å²) in [6, 6.07) is 4.87. The van der Waals surface area contributed by atoms with Gasteiger partial charge in [0.1, 0.15) is 5.82 Å². The number of halogens is 2. The van der Waals surface area contributed by atoms with Crippen LogP contribution >= 0.6 is 15.9 Å². The summed E-state index contributed by atoms with van der Waals surface area (Å²) < 4.78 is 24.5. The van der Waals surface area contributed by atoms with E-state index in [0.29, 0.717) is 25.4 Å². The number of ether oxygens (including phenoxy) is 2.